The molecule has 0 unspecified atom stereocenters. The smallest absolute Gasteiger partial charge is 0.0945 e. The number of nitrogens with one attached hydrogen (secondary N) is 1. The first kappa shape index (κ1) is 12.2. The van der Waals surface area contributed by atoms with Gasteiger partial charge >= 0.3 is 0 Å². The Kier molecular flexibility index (Phi) is 4.61. The van der Waals surface area contributed by atoms with E-state index in [9.17, 15) is 0 Å². The lowest BCUT2D eigenvalue weighted by Crippen LogP contribution is -2.20. The summed E-state index contributed by atoms with van der Waals surface area (Å²) >= 11 is 1.67. The Morgan fingerprint density at radius 2 is 2.06 bits per heavy atom. The molecule has 17 heavy (non-hydrogen) atoms. The number of aliphatic hydroxyl groups is 1. The maximum atomic E-state index is 8.63. The molecule has 0 amide bonds. The topological polar surface area (TPSA) is 58.0 Å². The van der Waals surface area contributed by atoms with Gasteiger partial charge in [0.25, 0.3) is 0 Å². The van der Waals surface area contributed by atoms with Gasteiger partial charge in [-0.15, -0.1) is 11.3 Å². The van der Waals surface area contributed by atoms with E-state index in [1.165, 1.54) is 0 Å². The highest BCUT2D eigenvalue weighted by Gasteiger charge is 2.03. The minimum Gasteiger partial charge on any atom is -0.395 e. The van der Waals surface area contributed by atoms with Gasteiger partial charge in [0.15, 0.2) is 0 Å². The Labute approximate surface area is 104 Å². The first-order chi connectivity index (χ1) is 8.40. The normalized spacial score (nSPS) is 10.6. The van der Waals surface area contributed by atoms with Gasteiger partial charge in [-0.1, -0.05) is 0 Å². The number of nitrogens with zero attached hydrogens (tertiary/aromatic N) is 2. The number of aliphatic hydroxyl groups excluding tert-OH is 1. The third kappa shape index (κ3) is 3.59. The molecule has 0 saturated heterocycles. The van der Waals surface area contributed by atoms with Crippen molar-refractivity contribution in [1.29, 1.82) is 0 Å². The Morgan fingerprint density at radius 1 is 1.24 bits per heavy atom. The van der Waals surface area contributed by atoms with Crippen LogP contribution in [0, 0.1) is 0 Å². The van der Waals surface area contributed by atoms with E-state index in [4.69, 9.17) is 5.11 Å². The molecule has 0 aromatic carbocycles. The SMILES string of the molecule is OCCNCCc1nc(-c2ccncc2)cs1. The Morgan fingerprint density at radius 3 is 2.82 bits per heavy atom. The fourth-order valence-electron chi connectivity index (χ4n) is 1.48. The summed E-state index contributed by atoms with van der Waals surface area (Å²) in [5.41, 5.74) is 2.11. The second kappa shape index (κ2) is 6.44. The van der Waals surface area contributed by atoms with Gasteiger partial charge in [0.05, 0.1) is 17.3 Å². The number of rotatable bonds is 6. The third-order valence-corrected chi connectivity index (χ3v) is 3.24. The second-order valence-electron chi connectivity index (χ2n) is 3.59. The van der Waals surface area contributed by atoms with Gasteiger partial charge < -0.3 is 10.4 Å². The zero-order valence-electron chi connectivity index (χ0n) is 9.47. The van der Waals surface area contributed by atoms with Crippen molar-refractivity contribution < 1.29 is 5.11 Å². The van der Waals surface area contributed by atoms with Crippen molar-refractivity contribution in [3.8, 4) is 11.3 Å². The first-order valence-corrected chi connectivity index (χ1v) is 6.44. The monoisotopic (exact) mass is 249 g/mol. The van der Waals surface area contributed by atoms with Crippen LogP contribution in [0.25, 0.3) is 11.3 Å². The summed E-state index contributed by atoms with van der Waals surface area (Å²) in [5, 5.41) is 15.0. The van der Waals surface area contributed by atoms with Crippen LogP contribution in [-0.2, 0) is 6.42 Å². The summed E-state index contributed by atoms with van der Waals surface area (Å²) in [5.74, 6) is 0. The summed E-state index contributed by atoms with van der Waals surface area (Å²) in [6.07, 6.45) is 4.45. The molecule has 0 aliphatic rings. The van der Waals surface area contributed by atoms with E-state index < -0.39 is 0 Å². The zero-order valence-corrected chi connectivity index (χ0v) is 10.3. The Bertz CT molecular complexity index is 444. The van der Waals surface area contributed by atoms with Gasteiger partial charge in [-0.2, -0.15) is 0 Å². The molecule has 0 radical (unpaired) electrons. The molecule has 0 spiro atoms. The van der Waals surface area contributed by atoms with Crippen molar-refractivity contribution in [1.82, 2.24) is 15.3 Å². The Hall–Kier alpha value is -1.30. The first-order valence-electron chi connectivity index (χ1n) is 5.56. The predicted molar refractivity (Wildman–Crippen MR) is 69.0 cm³/mol. The molecule has 4 nitrogen and oxygen atoms in total. The van der Waals surface area contributed by atoms with Crippen LogP contribution in [-0.4, -0.2) is 34.8 Å². The molecule has 0 atom stereocenters. The molecule has 5 heteroatoms. The lowest BCUT2D eigenvalue weighted by atomic mass is 10.2. The number of hydrogen-bond acceptors (Lipinski definition) is 5. The number of thiazole rings is 1. The summed E-state index contributed by atoms with van der Waals surface area (Å²) in [4.78, 5) is 8.56. The van der Waals surface area contributed by atoms with Crippen molar-refractivity contribution in [3.05, 3.63) is 34.9 Å². The maximum Gasteiger partial charge on any atom is 0.0945 e. The molecule has 2 rings (SSSR count). The van der Waals surface area contributed by atoms with Gasteiger partial charge in [-0.05, 0) is 12.1 Å². The molecule has 2 aromatic rings. The lowest BCUT2D eigenvalue weighted by molar-refractivity contribution is 0.293. The fraction of sp³-hybridized carbons (Fsp3) is 0.333. The van der Waals surface area contributed by atoms with Crippen molar-refractivity contribution in [2.75, 3.05) is 19.7 Å². The van der Waals surface area contributed by atoms with Crippen LogP contribution in [0.5, 0.6) is 0 Å². The molecule has 2 N–H and O–H groups in total. The lowest BCUT2D eigenvalue weighted by Gasteiger charge is -1.99. The minimum absolute atomic E-state index is 0.181. The standard InChI is InChI=1S/C12H15N3OS/c16-8-7-14-6-3-12-15-11(9-17-12)10-1-4-13-5-2-10/h1-2,4-5,9,14,16H,3,6-8H2. The molecule has 0 aliphatic heterocycles. The second-order valence-corrected chi connectivity index (χ2v) is 4.53. The van der Waals surface area contributed by atoms with Gasteiger partial charge in [0, 0.05) is 42.8 Å². The van der Waals surface area contributed by atoms with Crippen LogP contribution < -0.4 is 5.32 Å². The summed E-state index contributed by atoms with van der Waals surface area (Å²) < 4.78 is 0. The summed E-state index contributed by atoms with van der Waals surface area (Å²) in [7, 11) is 0. The van der Waals surface area contributed by atoms with E-state index in [0.717, 1.165) is 29.2 Å². The number of aromatic nitrogens is 2. The molecule has 2 heterocycles. The number of hydrogen-bond donors (Lipinski definition) is 2. The quantitative estimate of drug-likeness (QED) is 0.758. The highest BCUT2D eigenvalue weighted by Crippen LogP contribution is 2.20. The van der Waals surface area contributed by atoms with Crippen LogP contribution in [0.2, 0.25) is 0 Å². The van der Waals surface area contributed by atoms with E-state index in [-0.39, 0.29) is 6.61 Å². The van der Waals surface area contributed by atoms with Crippen LogP contribution in [0.1, 0.15) is 5.01 Å². The third-order valence-electron chi connectivity index (χ3n) is 2.33. The molecule has 2 aromatic heterocycles. The van der Waals surface area contributed by atoms with Gasteiger partial charge in [0.2, 0.25) is 0 Å². The highest BCUT2D eigenvalue weighted by molar-refractivity contribution is 7.09. The van der Waals surface area contributed by atoms with Crippen molar-refractivity contribution in [3.63, 3.8) is 0 Å². The van der Waals surface area contributed by atoms with Crippen LogP contribution >= 0.6 is 11.3 Å². The van der Waals surface area contributed by atoms with Crippen molar-refractivity contribution >= 4 is 11.3 Å². The van der Waals surface area contributed by atoms with E-state index in [1.807, 2.05) is 12.1 Å². The average molecular weight is 249 g/mol. The average Bonchev–Trinajstić information content (AvgIpc) is 2.85. The van der Waals surface area contributed by atoms with E-state index in [0.29, 0.717) is 6.54 Å². The van der Waals surface area contributed by atoms with E-state index >= 15 is 0 Å². The Balaban J connectivity index is 1.92. The van der Waals surface area contributed by atoms with E-state index in [1.54, 1.807) is 23.7 Å². The van der Waals surface area contributed by atoms with E-state index in [2.05, 4.69) is 20.7 Å². The zero-order chi connectivity index (χ0) is 11.9. The van der Waals surface area contributed by atoms with Gasteiger partial charge in [0.1, 0.15) is 0 Å². The molecule has 0 saturated carbocycles. The summed E-state index contributed by atoms with van der Waals surface area (Å²) in [6, 6.07) is 3.92. The molecular formula is C12H15N3OS. The van der Waals surface area contributed by atoms with Crippen molar-refractivity contribution in [2.24, 2.45) is 0 Å². The van der Waals surface area contributed by atoms with Gasteiger partial charge in [-0.3, -0.25) is 4.98 Å². The molecule has 90 valence electrons. The molecule has 0 bridgehead atoms. The summed E-state index contributed by atoms with van der Waals surface area (Å²) in [6.45, 7) is 1.67. The maximum absolute atomic E-state index is 8.63. The number of pyridine rings is 1. The molecule has 0 aliphatic carbocycles. The highest BCUT2D eigenvalue weighted by atomic mass is 32.1. The largest absolute Gasteiger partial charge is 0.395 e. The van der Waals surface area contributed by atoms with Crippen LogP contribution in [0.15, 0.2) is 29.9 Å². The molecular weight excluding hydrogens is 234 g/mol. The predicted octanol–water partition coefficient (Wildman–Crippen LogP) is 1.33. The van der Waals surface area contributed by atoms with Crippen LogP contribution in [0.3, 0.4) is 0 Å². The van der Waals surface area contributed by atoms with Gasteiger partial charge in [-0.25, -0.2) is 4.98 Å². The minimum atomic E-state index is 0.181. The molecule has 0 fully saturated rings. The van der Waals surface area contributed by atoms with Crippen molar-refractivity contribution in [2.45, 2.75) is 6.42 Å². The van der Waals surface area contributed by atoms with Crippen LogP contribution in [0.4, 0.5) is 0 Å². The fourth-order valence-corrected chi connectivity index (χ4v) is 2.29.